The van der Waals surface area contributed by atoms with Crippen LogP contribution in [-0.2, 0) is 14.3 Å². The molecule has 24 heavy (non-hydrogen) atoms. The lowest BCUT2D eigenvalue weighted by molar-refractivity contribution is -0.116. The molecule has 0 amide bonds. The van der Waals surface area contributed by atoms with Crippen LogP contribution in [0.4, 0.5) is 4.79 Å². The molecule has 0 radical (unpaired) electrons. The van der Waals surface area contributed by atoms with Crippen molar-refractivity contribution in [2.45, 2.75) is 64.4 Å². The number of carbonyl (C=O) groups is 2. The number of methoxy groups -OCH3 is 1. The summed E-state index contributed by atoms with van der Waals surface area (Å²) in [6.45, 7) is 2.32. The standard InChI is InChI=1S/C20H28O4/c1-20-10-9-15-14-6-4-13(21)11-12(14)3-5-16(15)17(20)7-8-18(20)24-19(22)23-2/h11,14-18H,3-10H2,1-2H3. The molecular formula is C20H28O4. The summed E-state index contributed by atoms with van der Waals surface area (Å²) in [6.07, 6.45) is 9.94. The lowest BCUT2D eigenvalue weighted by Crippen LogP contribution is -2.48. The highest BCUT2D eigenvalue weighted by Gasteiger charge is 2.57. The normalized spacial score (nSPS) is 44.0. The van der Waals surface area contributed by atoms with Crippen molar-refractivity contribution in [3.63, 3.8) is 0 Å². The van der Waals surface area contributed by atoms with E-state index in [1.807, 2.05) is 6.08 Å². The van der Waals surface area contributed by atoms with E-state index in [0.29, 0.717) is 17.6 Å². The highest BCUT2D eigenvalue weighted by molar-refractivity contribution is 5.91. The highest BCUT2D eigenvalue weighted by atomic mass is 16.7. The maximum absolute atomic E-state index is 11.7. The zero-order valence-corrected chi connectivity index (χ0v) is 14.8. The van der Waals surface area contributed by atoms with Crippen molar-refractivity contribution in [2.75, 3.05) is 7.11 Å². The topological polar surface area (TPSA) is 52.6 Å². The van der Waals surface area contributed by atoms with Gasteiger partial charge in [0, 0.05) is 11.8 Å². The van der Waals surface area contributed by atoms with Crippen molar-refractivity contribution in [2.24, 2.45) is 29.1 Å². The smallest absolute Gasteiger partial charge is 0.438 e. The van der Waals surface area contributed by atoms with Crippen LogP contribution in [0, 0.1) is 29.1 Å². The molecule has 4 heteroatoms. The molecule has 4 aliphatic carbocycles. The van der Waals surface area contributed by atoms with Gasteiger partial charge < -0.3 is 9.47 Å². The fourth-order valence-corrected chi connectivity index (χ4v) is 6.49. The fraction of sp³-hybridized carbons (Fsp3) is 0.800. The number of hydrogen-bond donors (Lipinski definition) is 0. The summed E-state index contributed by atoms with van der Waals surface area (Å²) in [7, 11) is 1.38. The Morgan fingerprint density at radius 2 is 1.96 bits per heavy atom. The van der Waals surface area contributed by atoms with Gasteiger partial charge in [-0.3, -0.25) is 4.79 Å². The van der Waals surface area contributed by atoms with Crippen molar-refractivity contribution in [1.82, 2.24) is 0 Å². The molecule has 4 rings (SSSR count). The number of rotatable bonds is 1. The lowest BCUT2D eigenvalue weighted by Gasteiger charge is -2.53. The molecule has 132 valence electrons. The third kappa shape index (κ3) is 2.41. The minimum Gasteiger partial charge on any atom is -0.438 e. The van der Waals surface area contributed by atoms with E-state index in [-0.39, 0.29) is 11.5 Å². The Balaban J connectivity index is 1.54. The molecule has 3 saturated carbocycles. The van der Waals surface area contributed by atoms with Gasteiger partial charge in [0.2, 0.25) is 0 Å². The van der Waals surface area contributed by atoms with Gasteiger partial charge in [-0.1, -0.05) is 12.5 Å². The summed E-state index contributed by atoms with van der Waals surface area (Å²) in [5.41, 5.74) is 1.53. The highest BCUT2D eigenvalue weighted by Crippen LogP contribution is 2.62. The molecule has 6 unspecified atom stereocenters. The minimum atomic E-state index is -0.538. The van der Waals surface area contributed by atoms with E-state index < -0.39 is 6.16 Å². The average molecular weight is 332 g/mol. The predicted octanol–water partition coefficient (Wildman–Crippen LogP) is 4.28. The van der Waals surface area contributed by atoms with Gasteiger partial charge in [0.15, 0.2) is 5.78 Å². The molecule has 6 atom stereocenters. The Kier molecular flexibility index (Phi) is 3.97. The van der Waals surface area contributed by atoms with Crippen molar-refractivity contribution in [1.29, 1.82) is 0 Å². The van der Waals surface area contributed by atoms with E-state index in [1.54, 1.807) is 0 Å². The molecule has 0 bridgehead atoms. The van der Waals surface area contributed by atoms with E-state index in [0.717, 1.165) is 50.4 Å². The number of allylic oxidation sites excluding steroid dienone is 1. The molecule has 0 spiro atoms. The number of ether oxygens (including phenoxy) is 2. The second-order valence-electron chi connectivity index (χ2n) is 8.49. The second-order valence-corrected chi connectivity index (χ2v) is 8.49. The average Bonchev–Trinajstić information content (AvgIpc) is 2.90. The van der Waals surface area contributed by atoms with Crippen LogP contribution >= 0.6 is 0 Å². The SMILES string of the molecule is COC(=O)OC1CCC2C3CCC4=CC(=O)CCC4C3CCC12C. The van der Waals surface area contributed by atoms with Crippen LogP contribution in [0.2, 0.25) is 0 Å². The van der Waals surface area contributed by atoms with Crippen molar-refractivity contribution >= 4 is 11.9 Å². The second kappa shape index (κ2) is 5.89. The van der Waals surface area contributed by atoms with Crippen molar-refractivity contribution in [3.8, 4) is 0 Å². The first-order chi connectivity index (χ1) is 11.5. The van der Waals surface area contributed by atoms with Crippen LogP contribution in [-0.4, -0.2) is 25.2 Å². The van der Waals surface area contributed by atoms with Gasteiger partial charge in [0.1, 0.15) is 6.10 Å². The van der Waals surface area contributed by atoms with Gasteiger partial charge in [-0.05, 0) is 74.7 Å². The number of hydrogen-bond acceptors (Lipinski definition) is 4. The van der Waals surface area contributed by atoms with Crippen LogP contribution in [0.25, 0.3) is 0 Å². The third-order valence-electron chi connectivity index (χ3n) is 7.62. The summed E-state index contributed by atoms with van der Waals surface area (Å²) in [4.78, 5) is 23.4. The Morgan fingerprint density at radius 3 is 2.75 bits per heavy atom. The molecule has 0 aromatic rings. The summed E-state index contributed by atoms with van der Waals surface area (Å²) >= 11 is 0. The van der Waals surface area contributed by atoms with E-state index in [1.165, 1.54) is 25.5 Å². The van der Waals surface area contributed by atoms with Gasteiger partial charge in [-0.25, -0.2) is 4.79 Å². The summed E-state index contributed by atoms with van der Waals surface area (Å²) < 4.78 is 10.3. The Labute approximate surface area is 144 Å². The third-order valence-corrected chi connectivity index (χ3v) is 7.62. The summed E-state index contributed by atoms with van der Waals surface area (Å²) in [5.74, 6) is 3.06. The van der Waals surface area contributed by atoms with Gasteiger partial charge in [0.25, 0.3) is 0 Å². The van der Waals surface area contributed by atoms with Gasteiger partial charge in [-0.2, -0.15) is 0 Å². The monoisotopic (exact) mass is 332 g/mol. The van der Waals surface area contributed by atoms with Crippen LogP contribution in [0.3, 0.4) is 0 Å². The van der Waals surface area contributed by atoms with E-state index >= 15 is 0 Å². The quantitative estimate of drug-likeness (QED) is 0.673. The minimum absolute atomic E-state index is 0.000715. The fourth-order valence-electron chi connectivity index (χ4n) is 6.49. The van der Waals surface area contributed by atoms with Crippen molar-refractivity contribution in [3.05, 3.63) is 11.6 Å². The number of fused-ring (bicyclic) bond motifs is 5. The van der Waals surface area contributed by atoms with Gasteiger partial charge in [-0.15, -0.1) is 0 Å². The van der Waals surface area contributed by atoms with Crippen LogP contribution in [0.15, 0.2) is 11.6 Å². The first-order valence-corrected chi connectivity index (χ1v) is 9.51. The maximum atomic E-state index is 11.7. The Hall–Kier alpha value is -1.32. The molecule has 0 aromatic carbocycles. The lowest BCUT2D eigenvalue weighted by atomic mass is 9.52. The number of carbonyl (C=O) groups excluding carboxylic acids is 2. The van der Waals surface area contributed by atoms with E-state index in [4.69, 9.17) is 9.47 Å². The van der Waals surface area contributed by atoms with E-state index in [9.17, 15) is 9.59 Å². The Morgan fingerprint density at radius 1 is 1.12 bits per heavy atom. The zero-order chi connectivity index (χ0) is 16.9. The first kappa shape index (κ1) is 16.2. The largest absolute Gasteiger partial charge is 0.508 e. The number of ketones is 1. The summed E-state index contributed by atoms with van der Waals surface area (Å²) in [5, 5.41) is 0. The first-order valence-electron chi connectivity index (χ1n) is 9.51. The molecule has 0 aliphatic heterocycles. The maximum Gasteiger partial charge on any atom is 0.508 e. The molecule has 4 aliphatic rings. The molecule has 0 saturated heterocycles. The van der Waals surface area contributed by atoms with Crippen molar-refractivity contribution < 1.29 is 19.1 Å². The predicted molar refractivity (Wildman–Crippen MR) is 89.4 cm³/mol. The van der Waals surface area contributed by atoms with E-state index in [2.05, 4.69) is 6.92 Å². The van der Waals surface area contributed by atoms with Crippen LogP contribution < -0.4 is 0 Å². The molecule has 3 fully saturated rings. The molecule has 0 N–H and O–H groups in total. The molecular weight excluding hydrogens is 304 g/mol. The van der Waals surface area contributed by atoms with Crippen LogP contribution in [0.5, 0.6) is 0 Å². The molecule has 0 aromatic heterocycles. The zero-order valence-electron chi connectivity index (χ0n) is 14.8. The van der Waals surface area contributed by atoms with Gasteiger partial charge >= 0.3 is 6.16 Å². The molecule has 0 heterocycles. The Bertz CT molecular complexity index is 580. The molecule has 4 nitrogen and oxygen atoms in total. The van der Waals surface area contributed by atoms with Gasteiger partial charge in [0.05, 0.1) is 7.11 Å². The summed E-state index contributed by atoms with van der Waals surface area (Å²) in [6, 6.07) is 0. The van der Waals surface area contributed by atoms with Crippen LogP contribution in [0.1, 0.15) is 58.3 Å².